The second-order valence-electron chi connectivity index (χ2n) is 6.08. The predicted molar refractivity (Wildman–Crippen MR) is 93.9 cm³/mol. The lowest BCUT2D eigenvalue weighted by molar-refractivity contribution is -0.901. The van der Waals surface area contributed by atoms with E-state index in [0.717, 1.165) is 25.1 Å². The maximum atomic E-state index is 12.5. The molecule has 1 aliphatic rings. The van der Waals surface area contributed by atoms with Crippen molar-refractivity contribution in [3.05, 3.63) is 58.3 Å². The normalized spacial score (nSPS) is 16.0. The summed E-state index contributed by atoms with van der Waals surface area (Å²) in [7, 11) is 1.90. The van der Waals surface area contributed by atoms with Crippen molar-refractivity contribution in [3.63, 3.8) is 0 Å². The van der Waals surface area contributed by atoms with E-state index < -0.39 is 17.8 Å². The Kier molecular flexibility index (Phi) is 5.25. The number of amides is 4. The Morgan fingerprint density at radius 1 is 0.960 bits per heavy atom. The first-order valence-corrected chi connectivity index (χ1v) is 8.99. The molecule has 1 N–H and O–H groups in total. The average Bonchev–Trinajstić information content (AvgIpc) is 3.18. The predicted octanol–water partition coefficient (Wildman–Crippen LogP) is 0.754. The molecule has 0 bridgehead atoms. The molecule has 0 spiro atoms. The van der Waals surface area contributed by atoms with Crippen molar-refractivity contribution < 1.29 is 19.3 Å². The number of benzene rings is 1. The van der Waals surface area contributed by atoms with Gasteiger partial charge in [0.25, 0.3) is 0 Å². The molecule has 4 amide bonds. The van der Waals surface area contributed by atoms with Crippen LogP contribution < -0.4 is 4.90 Å². The molecule has 1 saturated heterocycles. The Labute approximate surface area is 150 Å². The largest absolute Gasteiger partial charge is 0.338 e. The van der Waals surface area contributed by atoms with Crippen molar-refractivity contribution in [3.8, 4) is 0 Å². The highest BCUT2D eigenvalue weighted by Crippen LogP contribution is 2.14. The van der Waals surface area contributed by atoms with Crippen molar-refractivity contribution in [2.75, 3.05) is 20.3 Å². The van der Waals surface area contributed by atoms with Crippen molar-refractivity contribution in [1.29, 1.82) is 0 Å². The number of urea groups is 1. The van der Waals surface area contributed by atoms with E-state index >= 15 is 0 Å². The molecular weight excluding hydrogens is 338 g/mol. The fourth-order valence-electron chi connectivity index (χ4n) is 2.83. The summed E-state index contributed by atoms with van der Waals surface area (Å²) in [4.78, 5) is 40.9. The van der Waals surface area contributed by atoms with Gasteiger partial charge in [-0.05, 0) is 11.4 Å². The van der Waals surface area contributed by atoms with Gasteiger partial charge in [-0.15, -0.1) is 11.3 Å². The maximum absolute atomic E-state index is 12.5. The maximum Gasteiger partial charge on any atom is 0.338 e. The zero-order chi connectivity index (χ0) is 17.8. The fourth-order valence-corrected chi connectivity index (χ4v) is 3.53. The standard InChI is InChI=1S/C18H19N3O3S/c1-19(12-14-6-3-2-4-7-14)13-21-17(23)16(22)20(18(21)24)10-9-15-8-5-11-25-15/h2-8,11H,9-10,12-13H2,1H3/p+1. The van der Waals surface area contributed by atoms with Crippen LogP contribution in [0.15, 0.2) is 47.8 Å². The summed E-state index contributed by atoms with van der Waals surface area (Å²) in [5.41, 5.74) is 1.11. The second kappa shape index (κ2) is 7.58. The summed E-state index contributed by atoms with van der Waals surface area (Å²) in [5, 5.41) is 1.95. The molecule has 1 aromatic carbocycles. The Balaban J connectivity index is 1.60. The molecule has 130 valence electrons. The first kappa shape index (κ1) is 17.3. The second-order valence-corrected chi connectivity index (χ2v) is 7.11. The van der Waals surface area contributed by atoms with Crippen molar-refractivity contribution in [1.82, 2.24) is 9.80 Å². The molecular formula is C18H20N3O3S+. The number of imide groups is 2. The quantitative estimate of drug-likeness (QED) is 0.587. The van der Waals surface area contributed by atoms with Gasteiger partial charge in [-0.25, -0.2) is 9.69 Å². The molecule has 2 heterocycles. The third-order valence-electron chi connectivity index (χ3n) is 4.07. The van der Waals surface area contributed by atoms with Crippen LogP contribution in [0.1, 0.15) is 10.4 Å². The summed E-state index contributed by atoms with van der Waals surface area (Å²) in [6.45, 7) is 1.08. The first-order chi connectivity index (χ1) is 12.1. The van der Waals surface area contributed by atoms with Gasteiger partial charge < -0.3 is 4.90 Å². The molecule has 1 aromatic heterocycles. The zero-order valence-corrected chi connectivity index (χ0v) is 14.8. The van der Waals surface area contributed by atoms with Crippen LogP contribution in [0.4, 0.5) is 4.79 Å². The van der Waals surface area contributed by atoms with Gasteiger partial charge in [-0.1, -0.05) is 36.4 Å². The lowest BCUT2D eigenvalue weighted by Crippen LogP contribution is -3.09. The molecule has 0 radical (unpaired) electrons. The molecule has 1 unspecified atom stereocenters. The lowest BCUT2D eigenvalue weighted by Gasteiger charge is -2.20. The highest BCUT2D eigenvalue weighted by molar-refractivity contribution is 7.09. The van der Waals surface area contributed by atoms with Gasteiger partial charge in [-0.3, -0.25) is 14.5 Å². The molecule has 6 nitrogen and oxygen atoms in total. The minimum atomic E-state index is -0.733. The van der Waals surface area contributed by atoms with Crippen LogP contribution in [0.25, 0.3) is 0 Å². The fraction of sp³-hybridized carbons (Fsp3) is 0.278. The van der Waals surface area contributed by atoms with E-state index in [9.17, 15) is 14.4 Å². The molecule has 0 saturated carbocycles. The molecule has 1 aliphatic heterocycles. The zero-order valence-electron chi connectivity index (χ0n) is 14.0. The van der Waals surface area contributed by atoms with Gasteiger partial charge in [0.2, 0.25) is 0 Å². The van der Waals surface area contributed by atoms with Crippen LogP contribution in [0.5, 0.6) is 0 Å². The van der Waals surface area contributed by atoms with Crippen LogP contribution in [0.2, 0.25) is 0 Å². The van der Waals surface area contributed by atoms with Gasteiger partial charge in [0.1, 0.15) is 6.54 Å². The Morgan fingerprint density at radius 2 is 1.68 bits per heavy atom. The van der Waals surface area contributed by atoms with Crippen molar-refractivity contribution >= 4 is 29.2 Å². The number of rotatable bonds is 7. The number of thiophene rings is 1. The minimum absolute atomic E-state index is 0.174. The van der Waals surface area contributed by atoms with E-state index in [2.05, 4.69) is 0 Å². The van der Waals surface area contributed by atoms with Gasteiger partial charge in [0.05, 0.1) is 7.05 Å². The number of nitrogens with zero attached hydrogens (tertiary/aromatic N) is 2. The molecule has 25 heavy (non-hydrogen) atoms. The van der Waals surface area contributed by atoms with Crippen LogP contribution in [-0.4, -0.2) is 47.9 Å². The van der Waals surface area contributed by atoms with Crippen LogP contribution >= 0.6 is 11.3 Å². The monoisotopic (exact) mass is 358 g/mol. The van der Waals surface area contributed by atoms with E-state index in [1.54, 1.807) is 11.3 Å². The van der Waals surface area contributed by atoms with Gasteiger partial charge in [-0.2, -0.15) is 0 Å². The topological polar surface area (TPSA) is 62.1 Å². The molecule has 1 fully saturated rings. The summed E-state index contributed by atoms with van der Waals surface area (Å²) in [6, 6.07) is 13.2. The van der Waals surface area contributed by atoms with E-state index in [-0.39, 0.29) is 13.2 Å². The Morgan fingerprint density at radius 3 is 2.36 bits per heavy atom. The van der Waals surface area contributed by atoms with Gasteiger partial charge in [0, 0.05) is 23.4 Å². The Hall–Kier alpha value is -2.51. The molecule has 2 aromatic rings. The third kappa shape index (κ3) is 3.94. The summed E-state index contributed by atoms with van der Waals surface area (Å²) < 4.78 is 0. The third-order valence-corrected chi connectivity index (χ3v) is 5.01. The number of nitrogens with one attached hydrogen (secondary N) is 1. The molecule has 1 atom stereocenters. The number of hydrogen-bond donors (Lipinski definition) is 1. The molecule has 7 heteroatoms. The van der Waals surface area contributed by atoms with E-state index in [1.165, 1.54) is 0 Å². The van der Waals surface area contributed by atoms with E-state index in [0.29, 0.717) is 13.0 Å². The number of hydrogen-bond acceptors (Lipinski definition) is 4. The highest BCUT2D eigenvalue weighted by Gasteiger charge is 2.45. The van der Waals surface area contributed by atoms with Gasteiger partial charge >= 0.3 is 17.8 Å². The van der Waals surface area contributed by atoms with Crippen molar-refractivity contribution in [2.24, 2.45) is 0 Å². The average molecular weight is 358 g/mol. The van der Waals surface area contributed by atoms with Crippen molar-refractivity contribution in [2.45, 2.75) is 13.0 Å². The summed E-state index contributed by atoms with van der Waals surface area (Å²) in [6.07, 6.45) is 0.572. The first-order valence-electron chi connectivity index (χ1n) is 8.11. The summed E-state index contributed by atoms with van der Waals surface area (Å²) >= 11 is 1.57. The number of carbonyl (C=O) groups excluding carboxylic acids is 3. The number of quaternary nitrogens is 1. The number of carbonyl (C=O) groups is 3. The molecule has 0 aliphatic carbocycles. The minimum Gasteiger partial charge on any atom is -0.316 e. The lowest BCUT2D eigenvalue weighted by atomic mass is 10.2. The highest BCUT2D eigenvalue weighted by atomic mass is 32.1. The van der Waals surface area contributed by atoms with E-state index in [4.69, 9.17) is 0 Å². The van der Waals surface area contributed by atoms with E-state index in [1.807, 2.05) is 54.9 Å². The summed E-state index contributed by atoms with van der Waals surface area (Å²) in [5.74, 6) is -1.46. The van der Waals surface area contributed by atoms with Crippen LogP contribution in [0.3, 0.4) is 0 Å². The SMILES string of the molecule is C[NH+](Cc1ccccc1)CN1C(=O)C(=O)N(CCc2cccs2)C1=O. The van der Waals surface area contributed by atoms with Gasteiger partial charge in [0.15, 0.2) is 6.67 Å². The molecule has 3 rings (SSSR count). The van der Waals surface area contributed by atoms with Crippen LogP contribution in [0, 0.1) is 0 Å². The smallest absolute Gasteiger partial charge is 0.316 e. The Bertz CT molecular complexity index is 761. The van der Waals surface area contributed by atoms with Crippen LogP contribution in [-0.2, 0) is 22.6 Å².